The van der Waals surface area contributed by atoms with Crippen molar-refractivity contribution in [2.45, 2.75) is 11.8 Å². The van der Waals surface area contributed by atoms with E-state index in [1.165, 1.54) is 6.07 Å². The van der Waals surface area contributed by atoms with Crippen molar-refractivity contribution in [1.82, 2.24) is 9.55 Å². The zero-order valence-electron chi connectivity index (χ0n) is 16.4. The molecule has 0 aliphatic heterocycles. The predicted molar refractivity (Wildman–Crippen MR) is 122 cm³/mol. The first-order valence-corrected chi connectivity index (χ1v) is 11.8. The molecule has 0 saturated heterocycles. The molecule has 0 unspecified atom stereocenters. The number of aromatic nitrogens is 2. The van der Waals surface area contributed by atoms with Crippen LogP contribution in [0.4, 0.5) is 4.39 Å². The molecule has 0 fully saturated rings. The van der Waals surface area contributed by atoms with E-state index in [4.69, 9.17) is 23.2 Å². The molecule has 4 aromatic rings. The molecule has 0 radical (unpaired) electrons. The van der Waals surface area contributed by atoms with Gasteiger partial charge in [-0.2, -0.15) is 0 Å². The summed E-state index contributed by atoms with van der Waals surface area (Å²) in [4.78, 5) is 4.53. The second-order valence-electron chi connectivity index (χ2n) is 6.82. The first kappa shape index (κ1) is 21.6. The van der Waals surface area contributed by atoms with Crippen molar-refractivity contribution in [1.29, 1.82) is 0 Å². The van der Waals surface area contributed by atoms with E-state index in [0.29, 0.717) is 32.6 Å². The van der Waals surface area contributed by atoms with E-state index in [9.17, 15) is 8.42 Å². The highest BCUT2D eigenvalue weighted by Crippen LogP contribution is 2.34. The van der Waals surface area contributed by atoms with Gasteiger partial charge in [0.1, 0.15) is 11.6 Å². The topological polar surface area (TPSA) is 52.0 Å². The largest absolute Gasteiger partial charge is 0.297 e. The maximum absolute atomic E-state index is 15.1. The summed E-state index contributed by atoms with van der Waals surface area (Å²) in [5.74, 6) is -0.0343. The van der Waals surface area contributed by atoms with Crippen molar-refractivity contribution in [3.8, 4) is 28.2 Å². The van der Waals surface area contributed by atoms with E-state index in [0.717, 1.165) is 0 Å². The van der Waals surface area contributed by atoms with Crippen LogP contribution in [0.25, 0.3) is 28.2 Å². The van der Waals surface area contributed by atoms with Crippen LogP contribution < -0.4 is 0 Å². The summed E-state index contributed by atoms with van der Waals surface area (Å²) >= 11 is 12.4. The summed E-state index contributed by atoms with van der Waals surface area (Å²) < 4.78 is 41.1. The Morgan fingerprint density at radius 2 is 1.74 bits per heavy atom. The standard InChI is InChI=1S/C23H17Cl2FN2O2S/c1-2-31(29,30)17-6-3-5-15(13-17)16-9-10-21(20(26)14-16)28-12-11-27-23(28)18-7-4-8-19(24)22(18)25/h3-14H,2H2,1H3. The molecule has 0 aliphatic carbocycles. The maximum atomic E-state index is 15.1. The lowest BCUT2D eigenvalue weighted by molar-refractivity contribution is 0.597. The average Bonchev–Trinajstić information content (AvgIpc) is 3.25. The quantitative estimate of drug-likeness (QED) is 0.334. The Morgan fingerprint density at radius 1 is 1.00 bits per heavy atom. The molecule has 3 aromatic carbocycles. The number of hydrogen-bond acceptors (Lipinski definition) is 3. The normalized spacial score (nSPS) is 11.6. The average molecular weight is 475 g/mol. The predicted octanol–water partition coefficient (Wildman–Crippen LogP) is 6.45. The van der Waals surface area contributed by atoms with Gasteiger partial charge in [-0.1, -0.05) is 54.4 Å². The third kappa shape index (κ3) is 4.11. The molecule has 0 saturated carbocycles. The van der Waals surface area contributed by atoms with Crippen LogP contribution in [0, 0.1) is 5.82 Å². The van der Waals surface area contributed by atoms with Crippen LogP contribution in [0.1, 0.15) is 6.92 Å². The van der Waals surface area contributed by atoms with Crippen molar-refractivity contribution < 1.29 is 12.8 Å². The van der Waals surface area contributed by atoms with E-state index in [1.807, 2.05) is 0 Å². The SMILES string of the molecule is CCS(=O)(=O)c1cccc(-c2ccc(-n3ccnc3-c3cccc(Cl)c3Cl)c(F)c2)c1. The maximum Gasteiger partial charge on any atom is 0.178 e. The highest BCUT2D eigenvalue weighted by atomic mass is 35.5. The fourth-order valence-corrected chi connectivity index (χ4v) is 4.60. The zero-order chi connectivity index (χ0) is 22.2. The lowest BCUT2D eigenvalue weighted by Gasteiger charge is -2.12. The van der Waals surface area contributed by atoms with Gasteiger partial charge in [0.2, 0.25) is 0 Å². The minimum atomic E-state index is -3.36. The number of imidazole rings is 1. The van der Waals surface area contributed by atoms with E-state index in [2.05, 4.69) is 4.98 Å². The Bertz CT molecular complexity index is 1380. The van der Waals surface area contributed by atoms with Gasteiger partial charge in [0, 0.05) is 18.0 Å². The first-order chi connectivity index (χ1) is 14.8. The number of sulfone groups is 1. The fraction of sp³-hybridized carbons (Fsp3) is 0.0870. The molecule has 0 spiro atoms. The van der Waals surface area contributed by atoms with Crippen molar-refractivity contribution >= 4 is 33.0 Å². The third-order valence-electron chi connectivity index (χ3n) is 4.95. The van der Waals surface area contributed by atoms with Gasteiger partial charge >= 0.3 is 0 Å². The molecule has 0 amide bonds. The first-order valence-electron chi connectivity index (χ1n) is 9.42. The molecule has 4 nitrogen and oxygen atoms in total. The number of benzene rings is 3. The molecule has 0 bridgehead atoms. The van der Waals surface area contributed by atoms with Crippen LogP contribution in [0.2, 0.25) is 10.0 Å². The minimum Gasteiger partial charge on any atom is -0.297 e. The van der Waals surface area contributed by atoms with Crippen LogP contribution in [-0.2, 0) is 9.84 Å². The number of nitrogens with zero attached hydrogens (tertiary/aromatic N) is 2. The van der Waals surface area contributed by atoms with Gasteiger partial charge in [0.15, 0.2) is 9.84 Å². The van der Waals surface area contributed by atoms with E-state index in [1.54, 1.807) is 78.5 Å². The van der Waals surface area contributed by atoms with Gasteiger partial charge in [-0.3, -0.25) is 4.57 Å². The van der Waals surface area contributed by atoms with E-state index in [-0.39, 0.29) is 16.3 Å². The van der Waals surface area contributed by atoms with Crippen LogP contribution in [0.5, 0.6) is 0 Å². The zero-order valence-corrected chi connectivity index (χ0v) is 18.7. The van der Waals surface area contributed by atoms with Crippen molar-refractivity contribution in [2.75, 3.05) is 5.75 Å². The highest BCUT2D eigenvalue weighted by molar-refractivity contribution is 7.91. The number of hydrogen-bond donors (Lipinski definition) is 0. The lowest BCUT2D eigenvalue weighted by Crippen LogP contribution is -2.03. The van der Waals surface area contributed by atoms with Crippen molar-refractivity contribution in [3.63, 3.8) is 0 Å². The van der Waals surface area contributed by atoms with Gasteiger partial charge in [-0.05, 0) is 47.5 Å². The van der Waals surface area contributed by atoms with Gasteiger partial charge in [0.05, 0.1) is 26.4 Å². The van der Waals surface area contributed by atoms with Crippen molar-refractivity contribution in [2.24, 2.45) is 0 Å². The van der Waals surface area contributed by atoms with E-state index < -0.39 is 15.7 Å². The summed E-state index contributed by atoms with van der Waals surface area (Å²) in [5, 5.41) is 0.717. The molecule has 158 valence electrons. The van der Waals surface area contributed by atoms with Crippen LogP contribution >= 0.6 is 23.2 Å². The Morgan fingerprint density at radius 3 is 2.48 bits per heavy atom. The Balaban J connectivity index is 1.77. The van der Waals surface area contributed by atoms with Gasteiger partial charge in [-0.15, -0.1) is 0 Å². The molecule has 31 heavy (non-hydrogen) atoms. The van der Waals surface area contributed by atoms with Crippen LogP contribution in [0.15, 0.2) is 78.0 Å². The van der Waals surface area contributed by atoms with Crippen LogP contribution in [0.3, 0.4) is 0 Å². The summed E-state index contributed by atoms with van der Waals surface area (Å²) in [6.45, 7) is 1.59. The Hall–Kier alpha value is -2.67. The Labute approximate surface area is 189 Å². The monoisotopic (exact) mass is 474 g/mol. The van der Waals surface area contributed by atoms with Crippen LogP contribution in [-0.4, -0.2) is 23.7 Å². The number of rotatable bonds is 5. The van der Waals surface area contributed by atoms with Gasteiger partial charge in [-0.25, -0.2) is 17.8 Å². The molecule has 8 heteroatoms. The molecule has 0 aliphatic rings. The number of halogens is 3. The highest BCUT2D eigenvalue weighted by Gasteiger charge is 2.17. The van der Waals surface area contributed by atoms with Gasteiger partial charge in [0.25, 0.3) is 0 Å². The minimum absolute atomic E-state index is 0.000773. The molecular weight excluding hydrogens is 458 g/mol. The molecule has 1 aromatic heterocycles. The molecular formula is C23H17Cl2FN2O2S. The molecule has 0 N–H and O–H groups in total. The second-order valence-corrected chi connectivity index (χ2v) is 9.88. The molecule has 0 atom stereocenters. The second kappa shape index (κ2) is 8.46. The van der Waals surface area contributed by atoms with E-state index >= 15 is 4.39 Å². The van der Waals surface area contributed by atoms with Gasteiger partial charge < -0.3 is 0 Å². The summed E-state index contributed by atoms with van der Waals surface area (Å²) in [6.07, 6.45) is 3.19. The Kier molecular flexibility index (Phi) is 5.88. The molecule has 4 rings (SSSR count). The summed E-state index contributed by atoms with van der Waals surface area (Å²) in [6, 6.07) is 16.4. The third-order valence-corrected chi connectivity index (χ3v) is 7.50. The smallest absolute Gasteiger partial charge is 0.178 e. The lowest BCUT2D eigenvalue weighted by atomic mass is 10.0. The summed E-state index contributed by atoms with van der Waals surface area (Å²) in [7, 11) is -3.36. The fourth-order valence-electron chi connectivity index (χ4n) is 3.29. The molecule has 1 heterocycles. The van der Waals surface area contributed by atoms with Crippen molar-refractivity contribution in [3.05, 3.63) is 88.9 Å². The summed E-state index contributed by atoms with van der Waals surface area (Å²) in [5.41, 5.74) is 2.05.